The van der Waals surface area contributed by atoms with Gasteiger partial charge in [-0.25, -0.2) is 8.42 Å². The fraction of sp³-hybridized carbons (Fsp3) is 0.625. The van der Waals surface area contributed by atoms with E-state index in [0.29, 0.717) is 13.1 Å². The third kappa shape index (κ3) is 3.89. The van der Waals surface area contributed by atoms with Gasteiger partial charge in [0, 0.05) is 24.9 Å². The first kappa shape index (κ1) is 11.2. The summed E-state index contributed by atoms with van der Waals surface area (Å²) in [5, 5.41) is 6.66. The molecular weight excluding hydrogens is 204 g/mol. The molecule has 0 spiro atoms. The van der Waals surface area contributed by atoms with E-state index in [4.69, 9.17) is 0 Å². The van der Waals surface area contributed by atoms with Gasteiger partial charge in [-0.3, -0.25) is 0 Å². The maximum Gasteiger partial charge on any atom is 0.151 e. The molecule has 0 aromatic carbocycles. The summed E-state index contributed by atoms with van der Waals surface area (Å²) in [6, 6.07) is 1.74. The Morgan fingerprint density at radius 3 is 2.93 bits per heavy atom. The summed E-state index contributed by atoms with van der Waals surface area (Å²) in [6.07, 6.45) is 1.49. The fourth-order valence-electron chi connectivity index (χ4n) is 0.917. The second kappa shape index (κ2) is 5.11. The van der Waals surface area contributed by atoms with Crippen LogP contribution in [0.2, 0.25) is 0 Å². The highest BCUT2D eigenvalue weighted by Crippen LogP contribution is 1.93. The molecule has 0 aliphatic heterocycles. The van der Waals surface area contributed by atoms with Crippen LogP contribution in [0.1, 0.15) is 12.6 Å². The molecule has 1 aromatic heterocycles. The third-order valence-electron chi connectivity index (χ3n) is 1.83. The molecule has 0 atom stereocenters. The van der Waals surface area contributed by atoms with E-state index in [-0.39, 0.29) is 11.5 Å². The van der Waals surface area contributed by atoms with E-state index in [1.165, 1.54) is 6.26 Å². The van der Waals surface area contributed by atoms with Gasteiger partial charge >= 0.3 is 0 Å². The van der Waals surface area contributed by atoms with Crippen molar-refractivity contribution in [3.63, 3.8) is 0 Å². The van der Waals surface area contributed by atoms with Crippen LogP contribution in [0.25, 0.3) is 0 Å². The number of rotatable bonds is 6. The fourth-order valence-corrected chi connectivity index (χ4v) is 1.66. The first-order valence-electron chi connectivity index (χ1n) is 4.44. The van der Waals surface area contributed by atoms with Gasteiger partial charge in [0.15, 0.2) is 9.84 Å². The molecule has 0 amide bonds. The van der Waals surface area contributed by atoms with Gasteiger partial charge in [-0.15, -0.1) is 0 Å². The molecule has 1 aromatic rings. The molecule has 0 saturated heterocycles. The number of nitrogens with one attached hydrogen (secondary N) is 1. The summed E-state index contributed by atoms with van der Waals surface area (Å²) < 4.78 is 26.8. The number of aromatic nitrogens is 1. The van der Waals surface area contributed by atoms with Crippen LogP contribution in [0, 0.1) is 0 Å². The second-order valence-corrected chi connectivity index (χ2v) is 5.38. The molecule has 80 valence electrons. The summed E-state index contributed by atoms with van der Waals surface area (Å²) in [7, 11) is -2.87. The van der Waals surface area contributed by atoms with Crippen molar-refractivity contribution in [1.82, 2.24) is 10.5 Å². The summed E-state index contributed by atoms with van der Waals surface area (Å²) in [5.74, 6) is 0.361. The van der Waals surface area contributed by atoms with E-state index in [9.17, 15) is 8.42 Å². The van der Waals surface area contributed by atoms with Crippen molar-refractivity contribution in [2.45, 2.75) is 13.5 Å². The minimum absolute atomic E-state index is 0.168. The predicted octanol–water partition coefficient (Wildman–Crippen LogP) is 0.199. The molecule has 14 heavy (non-hydrogen) atoms. The van der Waals surface area contributed by atoms with Crippen LogP contribution in [0.4, 0.5) is 0 Å². The third-order valence-corrected chi connectivity index (χ3v) is 3.53. The van der Waals surface area contributed by atoms with Crippen molar-refractivity contribution in [3.8, 4) is 0 Å². The molecule has 0 aliphatic rings. The SMILES string of the molecule is CCS(=O)(=O)CCNCc1ccon1. The molecule has 1 N–H and O–H groups in total. The maximum atomic E-state index is 11.1. The van der Waals surface area contributed by atoms with Crippen molar-refractivity contribution in [2.24, 2.45) is 0 Å². The van der Waals surface area contributed by atoms with Gasteiger partial charge in [0.2, 0.25) is 0 Å². The zero-order valence-corrected chi connectivity index (χ0v) is 8.88. The van der Waals surface area contributed by atoms with Gasteiger partial charge in [0.1, 0.15) is 6.26 Å². The minimum atomic E-state index is -2.87. The Morgan fingerprint density at radius 1 is 1.57 bits per heavy atom. The maximum absolute atomic E-state index is 11.1. The first-order valence-corrected chi connectivity index (χ1v) is 6.26. The topological polar surface area (TPSA) is 72.2 Å². The zero-order chi connectivity index (χ0) is 10.4. The van der Waals surface area contributed by atoms with Gasteiger partial charge < -0.3 is 9.84 Å². The molecule has 0 bridgehead atoms. The Hall–Kier alpha value is -0.880. The highest BCUT2D eigenvalue weighted by atomic mass is 32.2. The average molecular weight is 218 g/mol. The summed E-state index contributed by atoms with van der Waals surface area (Å²) in [4.78, 5) is 0. The van der Waals surface area contributed by atoms with Crippen LogP contribution in [0.3, 0.4) is 0 Å². The van der Waals surface area contributed by atoms with Gasteiger partial charge in [-0.1, -0.05) is 12.1 Å². The monoisotopic (exact) mass is 218 g/mol. The lowest BCUT2D eigenvalue weighted by Crippen LogP contribution is -2.23. The van der Waals surface area contributed by atoms with Gasteiger partial charge in [-0.05, 0) is 0 Å². The smallest absolute Gasteiger partial charge is 0.151 e. The first-order chi connectivity index (χ1) is 6.64. The lowest BCUT2D eigenvalue weighted by molar-refractivity contribution is 0.409. The van der Waals surface area contributed by atoms with Crippen molar-refractivity contribution >= 4 is 9.84 Å². The zero-order valence-electron chi connectivity index (χ0n) is 8.06. The molecule has 1 rings (SSSR count). The van der Waals surface area contributed by atoms with Crippen LogP contribution in [-0.2, 0) is 16.4 Å². The Morgan fingerprint density at radius 2 is 2.36 bits per heavy atom. The molecule has 0 fully saturated rings. The van der Waals surface area contributed by atoms with E-state index >= 15 is 0 Å². The van der Waals surface area contributed by atoms with Crippen molar-refractivity contribution in [2.75, 3.05) is 18.1 Å². The van der Waals surface area contributed by atoms with Crippen molar-refractivity contribution in [3.05, 3.63) is 18.0 Å². The molecule has 5 nitrogen and oxygen atoms in total. The molecule has 0 aliphatic carbocycles. The van der Waals surface area contributed by atoms with Gasteiger partial charge in [0.05, 0.1) is 11.4 Å². The number of nitrogens with zero attached hydrogens (tertiary/aromatic N) is 1. The van der Waals surface area contributed by atoms with Gasteiger partial charge in [-0.2, -0.15) is 0 Å². The minimum Gasteiger partial charge on any atom is -0.364 e. The van der Waals surface area contributed by atoms with Crippen LogP contribution >= 0.6 is 0 Å². The van der Waals surface area contributed by atoms with Crippen LogP contribution < -0.4 is 5.32 Å². The Balaban J connectivity index is 2.17. The van der Waals surface area contributed by atoms with E-state index in [2.05, 4.69) is 15.0 Å². The Labute approximate surface area is 83.4 Å². The largest absolute Gasteiger partial charge is 0.364 e. The molecule has 0 unspecified atom stereocenters. The molecular formula is C8H14N2O3S. The number of hydrogen-bond acceptors (Lipinski definition) is 5. The van der Waals surface area contributed by atoms with Crippen LogP contribution in [-0.4, -0.2) is 31.6 Å². The second-order valence-electron chi connectivity index (χ2n) is 2.90. The normalized spacial score (nSPS) is 11.8. The molecule has 0 saturated carbocycles. The number of sulfone groups is 1. The van der Waals surface area contributed by atoms with E-state index < -0.39 is 9.84 Å². The Kier molecular flexibility index (Phi) is 4.09. The highest BCUT2D eigenvalue weighted by molar-refractivity contribution is 7.91. The lowest BCUT2D eigenvalue weighted by atomic mass is 10.4. The standard InChI is InChI=1S/C8H14N2O3S/c1-2-14(11,12)6-4-9-7-8-3-5-13-10-8/h3,5,9H,2,4,6-7H2,1H3. The van der Waals surface area contributed by atoms with Crippen LogP contribution in [0.15, 0.2) is 16.9 Å². The van der Waals surface area contributed by atoms with Gasteiger partial charge in [0.25, 0.3) is 0 Å². The average Bonchev–Trinajstić information content (AvgIpc) is 2.65. The molecule has 0 radical (unpaired) electrons. The number of hydrogen-bond donors (Lipinski definition) is 1. The van der Waals surface area contributed by atoms with Crippen molar-refractivity contribution in [1.29, 1.82) is 0 Å². The van der Waals surface area contributed by atoms with E-state index in [1.807, 2.05) is 0 Å². The molecule has 6 heteroatoms. The van der Waals surface area contributed by atoms with Crippen molar-refractivity contribution < 1.29 is 12.9 Å². The highest BCUT2D eigenvalue weighted by Gasteiger charge is 2.06. The Bertz CT molecular complexity index is 345. The summed E-state index contributed by atoms with van der Waals surface area (Å²) in [6.45, 7) is 2.63. The lowest BCUT2D eigenvalue weighted by Gasteiger charge is -2.01. The quantitative estimate of drug-likeness (QED) is 0.690. The molecule has 1 heterocycles. The van der Waals surface area contributed by atoms with E-state index in [0.717, 1.165) is 5.69 Å². The van der Waals surface area contributed by atoms with Crippen LogP contribution in [0.5, 0.6) is 0 Å². The summed E-state index contributed by atoms with van der Waals surface area (Å²) in [5.41, 5.74) is 0.777. The predicted molar refractivity (Wildman–Crippen MR) is 52.5 cm³/mol. The summed E-state index contributed by atoms with van der Waals surface area (Å²) >= 11 is 0. The van der Waals surface area contributed by atoms with E-state index in [1.54, 1.807) is 13.0 Å².